The summed E-state index contributed by atoms with van der Waals surface area (Å²) in [6, 6.07) is 7.89. The molecule has 0 radical (unpaired) electrons. The Balaban J connectivity index is 1.63. The number of hydrogen-bond acceptors (Lipinski definition) is 5. The number of morpholine rings is 1. The molecule has 0 aliphatic carbocycles. The molecule has 5 nitrogen and oxygen atoms in total. The van der Waals surface area contributed by atoms with E-state index in [-0.39, 0.29) is 5.91 Å². The van der Waals surface area contributed by atoms with Crippen molar-refractivity contribution in [1.82, 2.24) is 4.98 Å². The van der Waals surface area contributed by atoms with E-state index in [0.29, 0.717) is 6.42 Å². The SMILES string of the molecule is CCCCC(=O)Nc1ccc(-c2csc(N3CCOCC3)n2)cc1. The Morgan fingerprint density at radius 1 is 1.29 bits per heavy atom. The molecule has 1 aliphatic rings. The quantitative estimate of drug-likeness (QED) is 0.866. The van der Waals surface area contributed by atoms with Crippen molar-refractivity contribution in [3.63, 3.8) is 0 Å². The molecular formula is C18H23N3O2S. The van der Waals surface area contributed by atoms with Crippen LogP contribution in [0.5, 0.6) is 0 Å². The summed E-state index contributed by atoms with van der Waals surface area (Å²) in [4.78, 5) is 18.8. The van der Waals surface area contributed by atoms with Gasteiger partial charge in [0, 0.05) is 36.1 Å². The molecule has 1 N–H and O–H groups in total. The van der Waals surface area contributed by atoms with Crippen LogP contribution in [-0.4, -0.2) is 37.2 Å². The van der Waals surface area contributed by atoms with E-state index in [0.717, 1.165) is 61.2 Å². The van der Waals surface area contributed by atoms with Crippen LogP contribution in [0, 0.1) is 0 Å². The number of anilines is 2. The molecule has 3 rings (SSSR count). The van der Waals surface area contributed by atoms with Gasteiger partial charge in [-0.15, -0.1) is 11.3 Å². The van der Waals surface area contributed by atoms with Gasteiger partial charge in [0.05, 0.1) is 18.9 Å². The van der Waals surface area contributed by atoms with Crippen molar-refractivity contribution in [2.75, 3.05) is 36.5 Å². The number of nitrogens with zero attached hydrogens (tertiary/aromatic N) is 2. The molecule has 2 heterocycles. The fraction of sp³-hybridized carbons (Fsp3) is 0.444. The Labute approximate surface area is 146 Å². The monoisotopic (exact) mass is 345 g/mol. The summed E-state index contributed by atoms with van der Waals surface area (Å²) in [5, 5.41) is 6.06. The number of nitrogens with one attached hydrogen (secondary N) is 1. The van der Waals surface area contributed by atoms with E-state index >= 15 is 0 Å². The molecule has 24 heavy (non-hydrogen) atoms. The Bertz CT molecular complexity index is 663. The number of rotatable bonds is 6. The normalized spacial score (nSPS) is 14.6. The molecule has 0 atom stereocenters. The number of benzene rings is 1. The second-order valence-electron chi connectivity index (χ2n) is 5.84. The van der Waals surface area contributed by atoms with E-state index in [9.17, 15) is 4.79 Å². The lowest BCUT2D eigenvalue weighted by Crippen LogP contribution is -2.36. The number of carbonyl (C=O) groups excluding carboxylic acids is 1. The summed E-state index contributed by atoms with van der Waals surface area (Å²) >= 11 is 1.66. The van der Waals surface area contributed by atoms with Gasteiger partial charge in [-0.1, -0.05) is 25.5 Å². The zero-order chi connectivity index (χ0) is 16.8. The lowest BCUT2D eigenvalue weighted by molar-refractivity contribution is -0.116. The summed E-state index contributed by atoms with van der Waals surface area (Å²) in [6.07, 6.45) is 2.53. The maximum Gasteiger partial charge on any atom is 0.224 e. The van der Waals surface area contributed by atoms with Crippen molar-refractivity contribution in [3.05, 3.63) is 29.6 Å². The zero-order valence-corrected chi connectivity index (χ0v) is 14.8. The number of ether oxygens (including phenoxy) is 1. The highest BCUT2D eigenvalue weighted by Crippen LogP contribution is 2.28. The number of thiazole rings is 1. The Hall–Kier alpha value is -1.92. The van der Waals surface area contributed by atoms with Crippen LogP contribution < -0.4 is 10.2 Å². The maximum atomic E-state index is 11.8. The van der Waals surface area contributed by atoms with Crippen LogP contribution in [0.25, 0.3) is 11.3 Å². The van der Waals surface area contributed by atoms with Crippen molar-refractivity contribution in [2.45, 2.75) is 26.2 Å². The van der Waals surface area contributed by atoms with Crippen LogP contribution in [0.4, 0.5) is 10.8 Å². The molecule has 6 heteroatoms. The van der Waals surface area contributed by atoms with Crippen LogP contribution in [-0.2, 0) is 9.53 Å². The Morgan fingerprint density at radius 2 is 2.04 bits per heavy atom. The first kappa shape index (κ1) is 16.9. The highest BCUT2D eigenvalue weighted by molar-refractivity contribution is 7.14. The van der Waals surface area contributed by atoms with Crippen molar-refractivity contribution in [2.24, 2.45) is 0 Å². The lowest BCUT2D eigenvalue weighted by atomic mass is 10.1. The van der Waals surface area contributed by atoms with Gasteiger partial charge in [0.15, 0.2) is 5.13 Å². The molecule has 128 valence electrons. The second kappa shape index (κ2) is 8.26. The van der Waals surface area contributed by atoms with Gasteiger partial charge in [0.2, 0.25) is 5.91 Å². The second-order valence-corrected chi connectivity index (χ2v) is 6.68. The third-order valence-corrected chi connectivity index (χ3v) is 4.90. The minimum Gasteiger partial charge on any atom is -0.378 e. The number of aromatic nitrogens is 1. The van der Waals surface area contributed by atoms with E-state index in [1.165, 1.54) is 0 Å². The highest BCUT2D eigenvalue weighted by atomic mass is 32.1. The van der Waals surface area contributed by atoms with E-state index in [1.54, 1.807) is 11.3 Å². The van der Waals surface area contributed by atoms with E-state index in [2.05, 4.69) is 22.5 Å². The summed E-state index contributed by atoms with van der Waals surface area (Å²) in [7, 11) is 0. The minimum absolute atomic E-state index is 0.0767. The third-order valence-electron chi connectivity index (χ3n) is 4.00. The fourth-order valence-electron chi connectivity index (χ4n) is 2.58. The van der Waals surface area contributed by atoms with Gasteiger partial charge in [-0.3, -0.25) is 4.79 Å². The Kier molecular flexibility index (Phi) is 5.82. The highest BCUT2D eigenvalue weighted by Gasteiger charge is 2.15. The fourth-order valence-corrected chi connectivity index (χ4v) is 3.47. The summed E-state index contributed by atoms with van der Waals surface area (Å²) in [5.41, 5.74) is 2.88. The molecule has 1 aliphatic heterocycles. The molecule has 1 amide bonds. The minimum atomic E-state index is 0.0767. The zero-order valence-electron chi connectivity index (χ0n) is 14.0. The summed E-state index contributed by atoms with van der Waals surface area (Å²) in [5.74, 6) is 0.0767. The maximum absolute atomic E-state index is 11.8. The van der Waals surface area contributed by atoms with E-state index < -0.39 is 0 Å². The van der Waals surface area contributed by atoms with Gasteiger partial charge in [0.1, 0.15) is 0 Å². The molecule has 0 unspecified atom stereocenters. The molecule has 1 saturated heterocycles. The van der Waals surface area contributed by atoms with Gasteiger partial charge in [-0.05, 0) is 18.6 Å². The topological polar surface area (TPSA) is 54.5 Å². The molecular weight excluding hydrogens is 322 g/mol. The molecule has 0 saturated carbocycles. The smallest absolute Gasteiger partial charge is 0.224 e. The van der Waals surface area contributed by atoms with Gasteiger partial charge in [-0.2, -0.15) is 0 Å². The standard InChI is InChI=1S/C18H23N3O2S/c1-2-3-4-17(22)19-15-7-5-14(6-8-15)16-13-24-18(20-16)21-9-11-23-12-10-21/h5-8,13H,2-4,9-12H2,1H3,(H,19,22). The molecule has 2 aromatic rings. The molecule has 0 spiro atoms. The first-order valence-electron chi connectivity index (χ1n) is 8.45. The van der Waals surface area contributed by atoms with Crippen LogP contribution >= 0.6 is 11.3 Å². The van der Waals surface area contributed by atoms with Crippen molar-refractivity contribution < 1.29 is 9.53 Å². The van der Waals surface area contributed by atoms with Crippen LogP contribution in [0.3, 0.4) is 0 Å². The van der Waals surface area contributed by atoms with E-state index in [4.69, 9.17) is 9.72 Å². The Morgan fingerprint density at radius 3 is 2.75 bits per heavy atom. The van der Waals surface area contributed by atoms with Crippen LogP contribution in [0.15, 0.2) is 29.6 Å². The molecule has 0 bridgehead atoms. The van der Waals surface area contributed by atoms with Crippen molar-refractivity contribution >= 4 is 28.1 Å². The average Bonchev–Trinajstić information content (AvgIpc) is 3.11. The largest absolute Gasteiger partial charge is 0.378 e. The van der Waals surface area contributed by atoms with Gasteiger partial charge in [-0.25, -0.2) is 4.98 Å². The van der Waals surface area contributed by atoms with Gasteiger partial charge >= 0.3 is 0 Å². The van der Waals surface area contributed by atoms with Crippen LogP contribution in [0.1, 0.15) is 26.2 Å². The summed E-state index contributed by atoms with van der Waals surface area (Å²) < 4.78 is 5.38. The third kappa shape index (κ3) is 4.33. The number of unbranched alkanes of at least 4 members (excludes halogenated alkanes) is 1. The lowest BCUT2D eigenvalue weighted by Gasteiger charge is -2.26. The van der Waals surface area contributed by atoms with Crippen LogP contribution in [0.2, 0.25) is 0 Å². The number of hydrogen-bond donors (Lipinski definition) is 1. The van der Waals surface area contributed by atoms with Gasteiger partial charge < -0.3 is 15.0 Å². The predicted octanol–water partition coefficient (Wildman–Crippen LogP) is 3.78. The van der Waals surface area contributed by atoms with Crippen molar-refractivity contribution in [3.8, 4) is 11.3 Å². The van der Waals surface area contributed by atoms with Gasteiger partial charge in [0.25, 0.3) is 0 Å². The van der Waals surface area contributed by atoms with E-state index in [1.807, 2.05) is 24.3 Å². The molecule has 1 fully saturated rings. The van der Waals surface area contributed by atoms with Crippen molar-refractivity contribution in [1.29, 1.82) is 0 Å². The number of amides is 1. The first-order valence-corrected chi connectivity index (χ1v) is 9.32. The molecule has 1 aromatic carbocycles. The predicted molar refractivity (Wildman–Crippen MR) is 98.7 cm³/mol. The molecule has 1 aromatic heterocycles. The first-order chi connectivity index (χ1) is 11.8. The number of carbonyl (C=O) groups is 1. The average molecular weight is 345 g/mol. The summed E-state index contributed by atoms with van der Waals surface area (Å²) in [6.45, 7) is 5.41.